The summed E-state index contributed by atoms with van der Waals surface area (Å²) in [6.45, 7) is 21.1. The van der Waals surface area contributed by atoms with Crippen LogP contribution in [0.25, 0.3) is 0 Å². The molecule has 0 aromatic rings. The van der Waals surface area contributed by atoms with Crippen molar-refractivity contribution >= 4 is 18.9 Å². The Kier molecular flexibility index (Phi) is 8.34. The topological polar surface area (TPSA) is 79.9 Å². The summed E-state index contributed by atoms with van der Waals surface area (Å²) in [5.74, 6) is -0.0326. The number of hydrogen-bond donors (Lipinski definition) is 2. The lowest BCUT2D eigenvalue weighted by Crippen LogP contribution is -2.69. The summed E-state index contributed by atoms with van der Waals surface area (Å²) in [6.07, 6.45) is 3.07. The first kappa shape index (κ1) is 29.1. The molecule has 8 heteroatoms. The molecule has 1 saturated carbocycles. The molecule has 196 valence electrons. The van der Waals surface area contributed by atoms with Gasteiger partial charge in [0.2, 0.25) is 11.8 Å². The third-order valence-electron chi connectivity index (χ3n) is 8.07. The van der Waals surface area contributed by atoms with Crippen molar-refractivity contribution in [2.75, 3.05) is 20.6 Å². The summed E-state index contributed by atoms with van der Waals surface area (Å²) in [5.41, 5.74) is -2.06. The molecule has 34 heavy (non-hydrogen) atoms. The van der Waals surface area contributed by atoms with Gasteiger partial charge in [0.15, 0.2) is 0 Å². The summed E-state index contributed by atoms with van der Waals surface area (Å²) in [7, 11) is 3.79. The summed E-state index contributed by atoms with van der Waals surface area (Å²) < 4.78 is 12.5. The largest absolute Gasteiger partial charge is 0.457 e. The maximum absolute atomic E-state index is 13.9. The van der Waals surface area contributed by atoms with Crippen LogP contribution >= 0.6 is 0 Å². The maximum atomic E-state index is 13.9. The number of amides is 2. The molecule has 0 spiro atoms. The molecule has 1 aliphatic heterocycles. The van der Waals surface area contributed by atoms with E-state index in [0.29, 0.717) is 6.42 Å². The number of rotatable bonds is 7. The first-order valence-electron chi connectivity index (χ1n) is 12.8. The molecule has 2 fully saturated rings. The standard InChI is InChI=1S/C26H50BN3O4/c1-18(31)28-26(21(32)29-22(2,3)4)16-19(23(5,6)15-20(26)17-30(11)12)13-14-27-33-24(7,8)25(9,10)34-27/h19-20H,13-17H2,1-12H3,(H,28,31)(H,29,32). The van der Waals surface area contributed by atoms with Gasteiger partial charge in [-0.15, -0.1) is 0 Å². The van der Waals surface area contributed by atoms with Crippen molar-refractivity contribution in [1.82, 2.24) is 15.5 Å². The zero-order valence-electron chi connectivity index (χ0n) is 23.8. The van der Waals surface area contributed by atoms with Gasteiger partial charge in [0.05, 0.1) is 11.2 Å². The molecule has 1 saturated heterocycles. The van der Waals surface area contributed by atoms with Gasteiger partial charge in [-0.2, -0.15) is 0 Å². The van der Waals surface area contributed by atoms with E-state index in [1.807, 2.05) is 34.9 Å². The Bertz CT molecular complexity index is 744. The summed E-state index contributed by atoms with van der Waals surface area (Å²) in [4.78, 5) is 28.4. The molecule has 2 aliphatic rings. The van der Waals surface area contributed by atoms with Gasteiger partial charge in [-0.25, -0.2) is 0 Å². The fourth-order valence-electron chi connectivity index (χ4n) is 5.64. The molecule has 1 aliphatic carbocycles. The second-order valence-electron chi connectivity index (χ2n) is 13.7. The van der Waals surface area contributed by atoms with Crippen LogP contribution in [0, 0.1) is 17.3 Å². The van der Waals surface area contributed by atoms with E-state index in [2.05, 4.69) is 57.1 Å². The minimum Gasteiger partial charge on any atom is -0.403 e. The molecule has 0 aromatic heterocycles. The monoisotopic (exact) mass is 479 g/mol. The van der Waals surface area contributed by atoms with Crippen molar-refractivity contribution < 1.29 is 18.9 Å². The molecular formula is C26H50BN3O4. The highest BCUT2D eigenvalue weighted by atomic mass is 16.7. The molecule has 2 rings (SSSR count). The second-order valence-corrected chi connectivity index (χ2v) is 13.7. The average molecular weight is 480 g/mol. The molecule has 2 N–H and O–H groups in total. The summed E-state index contributed by atoms with van der Waals surface area (Å²) in [6, 6.07) is 0. The van der Waals surface area contributed by atoms with Crippen LogP contribution in [0.15, 0.2) is 0 Å². The Morgan fingerprint density at radius 3 is 1.94 bits per heavy atom. The minimum absolute atomic E-state index is 0.00292. The van der Waals surface area contributed by atoms with E-state index in [4.69, 9.17) is 9.31 Å². The molecule has 7 nitrogen and oxygen atoms in total. The third-order valence-corrected chi connectivity index (χ3v) is 8.07. The smallest absolute Gasteiger partial charge is 0.403 e. The molecule has 0 bridgehead atoms. The van der Waals surface area contributed by atoms with Crippen LogP contribution in [0.3, 0.4) is 0 Å². The highest BCUT2D eigenvalue weighted by Crippen LogP contribution is 2.51. The lowest BCUT2D eigenvalue weighted by atomic mass is 9.55. The number of hydrogen-bond acceptors (Lipinski definition) is 5. The highest BCUT2D eigenvalue weighted by molar-refractivity contribution is 6.45. The number of nitrogens with zero attached hydrogens (tertiary/aromatic N) is 1. The Morgan fingerprint density at radius 2 is 1.50 bits per heavy atom. The van der Waals surface area contributed by atoms with E-state index in [1.165, 1.54) is 6.92 Å². The van der Waals surface area contributed by atoms with Crippen molar-refractivity contribution in [2.45, 2.75) is 117 Å². The number of nitrogens with one attached hydrogen (secondary N) is 2. The maximum Gasteiger partial charge on any atom is 0.457 e. The second kappa shape index (κ2) is 9.74. The molecule has 0 radical (unpaired) electrons. The Morgan fingerprint density at radius 1 is 0.971 bits per heavy atom. The molecular weight excluding hydrogens is 429 g/mol. The van der Waals surface area contributed by atoms with E-state index in [1.54, 1.807) is 0 Å². The van der Waals surface area contributed by atoms with Gasteiger partial charge >= 0.3 is 7.12 Å². The lowest BCUT2D eigenvalue weighted by Gasteiger charge is -2.54. The van der Waals surface area contributed by atoms with E-state index >= 15 is 0 Å². The van der Waals surface area contributed by atoms with E-state index in [0.717, 1.165) is 25.7 Å². The van der Waals surface area contributed by atoms with Gasteiger partial charge in [0, 0.05) is 24.9 Å². The van der Waals surface area contributed by atoms with Gasteiger partial charge in [-0.1, -0.05) is 20.3 Å². The van der Waals surface area contributed by atoms with Crippen LogP contribution in [0.4, 0.5) is 0 Å². The Balaban J connectivity index is 2.36. The van der Waals surface area contributed by atoms with Gasteiger partial charge in [-0.05, 0) is 93.1 Å². The van der Waals surface area contributed by atoms with Crippen LogP contribution in [-0.2, 0) is 18.9 Å². The van der Waals surface area contributed by atoms with Crippen molar-refractivity contribution in [3.8, 4) is 0 Å². The fourth-order valence-corrected chi connectivity index (χ4v) is 5.64. The van der Waals surface area contributed by atoms with Gasteiger partial charge in [0.25, 0.3) is 0 Å². The van der Waals surface area contributed by atoms with E-state index < -0.39 is 11.1 Å². The first-order valence-corrected chi connectivity index (χ1v) is 12.8. The van der Waals surface area contributed by atoms with Gasteiger partial charge < -0.3 is 24.8 Å². The molecule has 2 amide bonds. The lowest BCUT2D eigenvalue weighted by molar-refractivity contribution is -0.143. The summed E-state index contributed by atoms with van der Waals surface area (Å²) in [5, 5.41) is 6.34. The minimum atomic E-state index is -0.959. The zero-order chi connectivity index (χ0) is 26.3. The normalized spacial score (nSPS) is 30.3. The fraction of sp³-hybridized carbons (Fsp3) is 0.923. The van der Waals surface area contributed by atoms with Crippen molar-refractivity contribution in [2.24, 2.45) is 17.3 Å². The predicted molar refractivity (Wildman–Crippen MR) is 138 cm³/mol. The average Bonchev–Trinajstić information content (AvgIpc) is 2.80. The SMILES string of the molecule is CC(=O)NC1(C(=O)NC(C)(C)C)CC(CCB2OC(C)(C)C(C)(C)O2)C(C)(C)CC1CN(C)C. The number of carbonyl (C=O) groups excluding carboxylic acids is 2. The van der Waals surface area contributed by atoms with Crippen molar-refractivity contribution in [1.29, 1.82) is 0 Å². The van der Waals surface area contributed by atoms with Crippen LogP contribution in [-0.4, -0.2) is 66.8 Å². The van der Waals surface area contributed by atoms with Crippen LogP contribution in [0.1, 0.15) is 88.5 Å². The quantitative estimate of drug-likeness (QED) is 0.542. The van der Waals surface area contributed by atoms with Crippen LogP contribution < -0.4 is 10.6 Å². The number of carbonyl (C=O) groups is 2. The van der Waals surface area contributed by atoms with Gasteiger partial charge in [-0.3, -0.25) is 9.59 Å². The van der Waals surface area contributed by atoms with Crippen molar-refractivity contribution in [3.63, 3.8) is 0 Å². The molecule has 1 heterocycles. The van der Waals surface area contributed by atoms with Gasteiger partial charge in [0.1, 0.15) is 5.54 Å². The summed E-state index contributed by atoms with van der Waals surface area (Å²) >= 11 is 0. The predicted octanol–water partition coefficient (Wildman–Crippen LogP) is 3.87. The van der Waals surface area contributed by atoms with E-state index in [9.17, 15) is 9.59 Å². The van der Waals surface area contributed by atoms with Crippen LogP contribution in [0.2, 0.25) is 6.32 Å². The van der Waals surface area contributed by atoms with E-state index in [-0.39, 0.29) is 47.4 Å². The molecule has 0 aromatic carbocycles. The van der Waals surface area contributed by atoms with Crippen LogP contribution in [0.5, 0.6) is 0 Å². The highest BCUT2D eigenvalue weighted by Gasteiger charge is 2.56. The molecule has 3 atom stereocenters. The molecule has 3 unspecified atom stereocenters. The van der Waals surface area contributed by atoms with Crippen molar-refractivity contribution in [3.05, 3.63) is 0 Å². The first-order chi connectivity index (χ1) is 15.2. The third kappa shape index (κ3) is 6.55. The zero-order valence-corrected chi connectivity index (χ0v) is 23.8. The Labute approximate surface area is 208 Å². The Hall–Kier alpha value is -1.12.